The predicted octanol–water partition coefficient (Wildman–Crippen LogP) is 3.75. The summed E-state index contributed by atoms with van der Waals surface area (Å²) in [6, 6.07) is 11.6. The van der Waals surface area contributed by atoms with Crippen LogP contribution in [0.15, 0.2) is 48.5 Å². The van der Waals surface area contributed by atoms with E-state index in [0.717, 1.165) is 22.3 Å². The van der Waals surface area contributed by atoms with Crippen LogP contribution in [0.3, 0.4) is 0 Å². The van der Waals surface area contributed by atoms with E-state index in [-0.39, 0.29) is 58.4 Å². The molecule has 4 heterocycles. The number of benzene rings is 2. The van der Waals surface area contributed by atoms with Gasteiger partial charge in [-0.2, -0.15) is 0 Å². The zero-order valence-electron chi connectivity index (χ0n) is 43.8. The van der Waals surface area contributed by atoms with Gasteiger partial charge in [-0.25, -0.2) is 0 Å². The highest BCUT2D eigenvalue weighted by molar-refractivity contribution is 8.00. The van der Waals surface area contributed by atoms with Crippen molar-refractivity contribution < 1.29 is 43.0 Å². The molecule has 2 aliphatic carbocycles. The fourth-order valence-electron chi connectivity index (χ4n) is 11.7. The van der Waals surface area contributed by atoms with Crippen LogP contribution in [0.4, 0.5) is 0 Å². The van der Waals surface area contributed by atoms with Crippen LogP contribution in [0.1, 0.15) is 114 Å². The Balaban J connectivity index is 0.816. The van der Waals surface area contributed by atoms with Crippen LogP contribution in [0.5, 0.6) is 0 Å². The molecular formula is C54H78N8O9S2. The SMILES string of the molecule is CN[C@@H](C)C(=O)NC1CCS[C@H]2CC(C)(C)[C@@H](C(=O)N[C@H]3c4ccccc4C[C@H]3OCCCOCCCO[C@@H]3Cc4ccccc4[C@@H]3NC(=O)[C@H]3N4C(=O)[C@@H](NC(=O)[C@H](C)NC)CCSC4CC3(C)C)N2C1=O. The number of nitrogens with zero attached hydrogens (tertiary/aromatic N) is 2. The highest BCUT2D eigenvalue weighted by Gasteiger charge is 2.57. The Morgan fingerprint density at radius 3 is 1.41 bits per heavy atom. The van der Waals surface area contributed by atoms with E-state index in [2.05, 4.69) is 44.0 Å². The molecule has 6 amide bonds. The molecule has 0 aromatic heterocycles. The predicted molar refractivity (Wildman–Crippen MR) is 282 cm³/mol. The summed E-state index contributed by atoms with van der Waals surface area (Å²) in [6.45, 7) is 13.5. The minimum atomic E-state index is -0.720. The quantitative estimate of drug-likeness (QED) is 0.105. The van der Waals surface area contributed by atoms with Crippen molar-refractivity contribution in [3.8, 4) is 0 Å². The molecule has 2 unspecified atom stereocenters. The smallest absolute Gasteiger partial charge is 0.246 e. The van der Waals surface area contributed by atoms with E-state index in [1.165, 1.54) is 0 Å². The van der Waals surface area contributed by atoms with Gasteiger partial charge in [0, 0.05) is 39.3 Å². The highest BCUT2D eigenvalue weighted by Crippen LogP contribution is 2.48. The number of likely N-dealkylation sites (N-methyl/N-ethyl adjacent to an activating group) is 2. The van der Waals surface area contributed by atoms with Gasteiger partial charge in [0.15, 0.2) is 0 Å². The van der Waals surface area contributed by atoms with Gasteiger partial charge >= 0.3 is 0 Å². The Morgan fingerprint density at radius 2 is 1.01 bits per heavy atom. The summed E-state index contributed by atoms with van der Waals surface area (Å²) in [4.78, 5) is 86.7. The molecule has 2 aromatic rings. The first-order valence-electron chi connectivity index (χ1n) is 26.3. The lowest BCUT2D eigenvalue weighted by Crippen LogP contribution is -2.58. The van der Waals surface area contributed by atoms with Gasteiger partial charge in [-0.05, 0) is 111 Å². The lowest BCUT2D eigenvalue weighted by Gasteiger charge is -2.35. The Kier molecular flexibility index (Phi) is 17.9. The molecule has 6 N–H and O–H groups in total. The number of hydrogen-bond acceptors (Lipinski definition) is 13. The summed E-state index contributed by atoms with van der Waals surface area (Å²) in [5.74, 6) is 0.0402. The van der Waals surface area contributed by atoms with E-state index in [1.54, 1.807) is 61.3 Å². The zero-order valence-corrected chi connectivity index (χ0v) is 45.5. The minimum Gasteiger partial charge on any atom is -0.381 e. The van der Waals surface area contributed by atoms with Crippen molar-refractivity contribution in [3.05, 3.63) is 70.8 Å². The van der Waals surface area contributed by atoms with E-state index in [1.807, 2.05) is 64.1 Å². The van der Waals surface area contributed by atoms with Gasteiger partial charge in [0.2, 0.25) is 35.4 Å². The molecule has 0 saturated carbocycles. The molecule has 6 aliphatic rings. The standard InChI is InChI=1S/C54H78N8O9S2/c1-31(55-7)47(63)57-37-19-25-72-41-29-53(3,4)45(61(41)51(37)67)49(65)59-43-35-17-11-9-15-33(35)27-39(43)70-23-13-21-69-22-14-24-71-40-28-34-16-10-12-18-36(34)44(40)60-50(66)46-54(5,6)30-42-62(46)52(68)38(20-26-73-42)58-48(64)32(2)56-8/h9-12,15-18,31-32,37-46,55-56H,13-14,19-30H2,1-8H3,(H,57,63)(H,58,64)(H,59,65)(H,60,66)/t31-,32-,37-,38?,39+,40+,41?,42-,43-,44-,45+,46+/m0/s1. The molecule has 19 heteroatoms. The Bertz CT molecular complexity index is 2180. The lowest BCUT2D eigenvalue weighted by molar-refractivity contribution is -0.144. The monoisotopic (exact) mass is 1050 g/mol. The topological polar surface area (TPSA) is 209 Å². The molecule has 8 rings (SSSR count). The van der Waals surface area contributed by atoms with Gasteiger partial charge in [-0.3, -0.25) is 28.8 Å². The maximum absolute atomic E-state index is 14.5. The van der Waals surface area contributed by atoms with Crippen molar-refractivity contribution in [2.45, 2.75) is 164 Å². The Hall–Kier alpha value is -4.24. The number of rotatable bonds is 20. The number of ether oxygens (including phenoxy) is 3. The van der Waals surface area contributed by atoms with Crippen LogP contribution in [0, 0.1) is 10.8 Å². The molecule has 400 valence electrons. The van der Waals surface area contributed by atoms with E-state index < -0.39 is 59.2 Å². The Labute approximate surface area is 439 Å². The highest BCUT2D eigenvalue weighted by atomic mass is 32.2. The van der Waals surface area contributed by atoms with Crippen LogP contribution < -0.4 is 31.9 Å². The number of carbonyl (C=O) groups excluding carboxylic acids is 6. The second-order valence-electron chi connectivity index (χ2n) is 22.0. The van der Waals surface area contributed by atoms with Crippen LogP contribution in [0.25, 0.3) is 0 Å². The van der Waals surface area contributed by atoms with E-state index in [4.69, 9.17) is 14.2 Å². The summed E-state index contributed by atoms with van der Waals surface area (Å²) in [7, 11) is 3.41. The summed E-state index contributed by atoms with van der Waals surface area (Å²) in [5, 5.41) is 18.1. The first-order valence-corrected chi connectivity index (χ1v) is 28.4. The summed E-state index contributed by atoms with van der Waals surface area (Å²) in [5.41, 5.74) is 3.26. The van der Waals surface area contributed by atoms with Crippen LogP contribution in [-0.2, 0) is 55.8 Å². The number of fused-ring (bicyclic) bond motifs is 4. The molecule has 0 bridgehead atoms. The number of carbonyl (C=O) groups is 6. The van der Waals surface area contributed by atoms with Crippen molar-refractivity contribution >= 4 is 59.0 Å². The van der Waals surface area contributed by atoms with Gasteiger partial charge in [0.05, 0.1) is 47.1 Å². The Morgan fingerprint density at radius 1 is 0.616 bits per heavy atom. The summed E-state index contributed by atoms with van der Waals surface area (Å²) >= 11 is 3.35. The van der Waals surface area contributed by atoms with Gasteiger partial charge in [0.25, 0.3) is 0 Å². The molecule has 0 spiro atoms. The molecule has 4 saturated heterocycles. The fourth-order valence-corrected chi connectivity index (χ4v) is 14.8. The van der Waals surface area contributed by atoms with Crippen molar-refractivity contribution in [1.29, 1.82) is 0 Å². The zero-order chi connectivity index (χ0) is 52.2. The van der Waals surface area contributed by atoms with Crippen molar-refractivity contribution in [2.75, 3.05) is 52.0 Å². The van der Waals surface area contributed by atoms with Crippen LogP contribution >= 0.6 is 23.5 Å². The maximum Gasteiger partial charge on any atom is 0.246 e. The minimum absolute atomic E-state index is 0.165. The van der Waals surface area contributed by atoms with Gasteiger partial charge in [-0.15, -0.1) is 23.5 Å². The number of thioether (sulfide) groups is 2. The van der Waals surface area contributed by atoms with Crippen LogP contribution in [0.2, 0.25) is 0 Å². The van der Waals surface area contributed by atoms with Gasteiger partial charge in [0.1, 0.15) is 24.2 Å². The number of hydrogen-bond donors (Lipinski definition) is 6. The first kappa shape index (κ1) is 55.0. The average molecular weight is 1050 g/mol. The molecule has 2 aromatic carbocycles. The molecule has 73 heavy (non-hydrogen) atoms. The second kappa shape index (κ2) is 23.8. The molecular weight excluding hydrogens is 969 g/mol. The van der Waals surface area contributed by atoms with Crippen molar-refractivity contribution in [2.24, 2.45) is 10.8 Å². The third-order valence-corrected chi connectivity index (χ3v) is 18.4. The van der Waals surface area contributed by atoms with Crippen LogP contribution in [-0.4, -0.2) is 156 Å². The molecule has 0 radical (unpaired) electrons. The van der Waals surface area contributed by atoms with Gasteiger partial charge < -0.3 is 55.9 Å². The fraction of sp³-hybridized carbons (Fsp3) is 0.667. The molecule has 4 fully saturated rings. The largest absolute Gasteiger partial charge is 0.381 e. The van der Waals surface area contributed by atoms with Crippen molar-refractivity contribution in [3.63, 3.8) is 0 Å². The van der Waals surface area contributed by atoms with Gasteiger partial charge in [-0.1, -0.05) is 76.2 Å². The normalized spacial score (nSPS) is 29.8. The lowest BCUT2D eigenvalue weighted by atomic mass is 9.83. The average Bonchev–Trinajstić information content (AvgIpc) is 4.01. The third-order valence-electron chi connectivity index (χ3n) is 15.9. The number of nitrogens with one attached hydrogen (secondary N) is 6. The van der Waals surface area contributed by atoms with E-state index in [0.29, 0.717) is 89.3 Å². The summed E-state index contributed by atoms with van der Waals surface area (Å²) in [6.07, 6.45) is 4.32. The molecule has 12 atom stereocenters. The second-order valence-corrected chi connectivity index (χ2v) is 24.5. The van der Waals surface area contributed by atoms with Crippen molar-refractivity contribution in [1.82, 2.24) is 41.7 Å². The summed E-state index contributed by atoms with van der Waals surface area (Å²) < 4.78 is 19.1. The van der Waals surface area contributed by atoms with E-state index >= 15 is 0 Å². The third kappa shape index (κ3) is 12.1. The first-order chi connectivity index (χ1) is 34.9. The maximum atomic E-state index is 14.5. The number of amides is 6. The van der Waals surface area contributed by atoms with E-state index in [9.17, 15) is 28.8 Å². The molecule has 4 aliphatic heterocycles. The molecule has 17 nitrogen and oxygen atoms in total.